The summed E-state index contributed by atoms with van der Waals surface area (Å²) in [5.41, 5.74) is 1.28. The Kier molecular flexibility index (Phi) is 4.93. The van der Waals surface area contributed by atoms with E-state index in [1.165, 1.54) is 17.1 Å². The van der Waals surface area contributed by atoms with E-state index in [4.69, 9.17) is 4.98 Å². The number of hydrogen-bond acceptors (Lipinski definition) is 3. The van der Waals surface area contributed by atoms with Gasteiger partial charge in [-0.25, -0.2) is 4.98 Å². The van der Waals surface area contributed by atoms with Crippen LogP contribution in [0.5, 0.6) is 0 Å². The largest absolute Gasteiger partial charge is 0.306 e. The third kappa shape index (κ3) is 3.05. The first-order valence-corrected chi connectivity index (χ1v) is 7.12. The monoisotopic (exact) mass is 240 g/mol. The topological polar surface area (TPSA) is 24.9 Å². The number of thiazole rings is 1. The molecule has 1 aromatic rings. The van der Waals surface area contributed by atoms with Crippen LogP contribution in [0.25, 0.3) is 0 Å². The van der Waals surface area contributed by atoms with Crippen molar-refractivity contribution in [1.29, 1.82) is 0 Å². The van der Waals surface area contributed by atoms with Crippen LogP contribution in [-0.4, -0.2) is 11.5 Å². The van der Waals surface area contributed by atoms with E-state index in [1.54, 1.807) is 11.3 Å². The predicted octanol–water partition coefficient (Wildman–Crippen LogP) is 3.89. The highest BCUT2D eigenvalue weighted by Gasteiger charge is 2.28. The van der Waals surface area contributed by atoms with E-state index < -0.39 is 0 Å². The summed E-state index contributed by atoms with van der Waals surface area (Å²) in [5.74, 6) is 0.525. The van der Waals surface area contributed by atoms with Crippen molar-refractivity contribution < 1.29 is 0 Å². The summed E-state index contributed by atoms with van der Waals surface area (Å²) in [7, 11) is 0. The molecule has 2 nitrogen and oxygen atoms in total. The molecule has 1 N–H and O–H groups in total. The molecule has 1 rings (SSSR count). The van der Waals surface area contributed by atoms with Gasteiger partial charge in [0, 0.05) is 5.38 Å². The summed E-state index contributed by atoms with van der Waals surface area (Å²) in [6.45, 7) is 12.0. The highest BCUT2D eigenvalue weighted by atomic mass is 32.1. The molecular weight excluding hydrogens is 216 g/mol. The Bertz CT molecular complexity index is 311. The van der Waals surface area contributed by atoms with Crippen LogP contribution in [0.3, 0.4) is 0 Å². The molecule has 1 atom stereocenters. The van der Waals surface area contributed by atoms with Crippen LogP contribution in [0.4, 0.5) is 0 Å². The lowest BCUT2D eigenvalue weighted by Gasteiger charge is -2.28. The minimum atomic E-state index is 0.0569. The van der Waals surface area contributed by atoms with Crippen LogP contribution in [0.15, 0.2) is 5.38 Å². The minimum absolute atomic E-state index is 0.0569. The number of aromatic nitrogens is 1. The SMILES string of the molecule is CCCC(C)(NCC)c1nc(C(C)C)cs1. The second-order valence-electron chi connectivity index (χ2n) is 4.84. The van der Waals surface area contributed by atoms with Crippen molar-refractivity contribution in [2.75, 3.05) is 6.54 Å². The summed E-state index contributed by atoms with van der Waals surface area (Å²) >= 11 is 1.79. The van der Waals surface area contributed by atoms with Crippen LogP contribution < -0.4 is 5.32 Å². The third-order valence-corrected chi connectivity index (χ3v) is 4.03. The molecule has 0 fully saturated rings. The molecular formula is C13H24N2S. The minimum Gasteiger partial charge on any atom is -0.306 e. The first-order chi connectivity index (χ1) is 7.53. The molecule has 3 heteroatoms. The molecule has 0 saturated carbocycles. The third-order valence-electron chi connectivity index (χ3n) is 2.90. The molecule has 0 aliphatic carbocycles. The number of rotatable bonds is 6. The summed E-state index contributed by atoms with van der Waals surface area (Å²) in [6.07, 6.45) is 2.33. The van der Waals surface area contributed by atoms with Crippen molar-refractivity contribution in [2.24, 2.45) is 0 Å². The van der Waals surface area contributed by atoms with Gasteiger partial charge < -0.3 is 5.32 Å². The van der Waals surface area contributed by atoms with Gasteiger partial charge in [0.1, 0.15) is 5.01 Å². The van der Waals surface area contributed by atoms with Gasteiger partial charge in [0.25, 0.3) is 0 Å². The Morgan fingerprint density at radius 3 is 2.56 bits per heavy atom. The standard InChI is InChI=1S/C13H24N2S/c1-6-8-13(5,14-7-2)12-15-11(9-16-12)10(3)4/h9-10,14H,6-8H2,1-5H3. The molecule has 0 aromatic carbocycles. The Hall–Kier alpha value is -0.410. The molecule has 0 aliphatic heterocycles. The van der Waals surface area contributed by atoms with E-state index in [2.05, 4.69) is 45.3 Å². The van der Waals surface area contributed by atoms with Gasteiger partial charge in [-0.1, -0.05) is 34.1 Å². The van der Waals surface area contributed by atoms with Gasteiger partial charge in [-0.15, -0.1) is 11.3 Å². The van der Waals surface area contributed by atoms with Crippen LogP contribution in [0.1, 0.15) is 64.1 Å². The molecule has 0 spiro atoms. The van der Waals surface area contributed by atoms with Crippen molar-refractivity contribution in [2.45, 2.75) is 58.9 Å². The van der Waals surface area contributed by atoms with Gasteiger partial charge in [-0.3, -0.25) is 0 Å². The van der Waals surface area contributed by atoms with E-state index in [0.29, 0.717) is 5.92 Å². The van der Waals surface area contributed by atoms with Crippen molar-refractivity contribution in [3.8, 4) is 0 Å². The molecule has 1 unspecified atom stereocenters. The Morgan fingerprint density at radius 2 is 2.12 bits per heavy atom. The summed E-state index contributed by atoms with van der Waals surface area (Å²) in [6, 6.07) is 0. The number of nitrogens with one attached hydrogen (secondary N) is 1. The first kappa shape index (κ1) is 13.7. The average molecular weight is 240 g/mol. The molecule has 0 amide bonds. The first-order valence-electron chi connectivity index (χ1n) is 6.24. The lowest BCUT2D eigenvalue weighted by Crippen LogP contribution is -2.39. The Balaban J connectivity index is 2.92. The zero-order valence-electron chi connectivity index (χ0n) is 11.1. The molecule has 0 aliphatic rings. The zero-order chi connectivity index (χ0) is 12.2. The normalized spacial score (nSPS) is 15.4. The van der Waals surface area contributed by atoms with E-state index >= 15 is 0 Å². The van der Waals surface area contributed by atoms with E-state index in [-0.39, 0.29) is 5.54 Å². The van der Waals surface area contributed by atoms with Gasteiger partial charge in [0.2, 0.25) is 0 Å². The van der Waals surface area contributed by atoms with Crippen LogP contribution in [0, 0.1) is 0 Å². The Labute approximate surface area is 103 Å². The molecule has 1 heterocycles. The number of hydrogen-bond donors (Lipinski definition) is 1. The Morgan fingerprint density at radius 1 is 1.44 bits per heavy atom. The molecule has 92 valence electrons. The van der Waals surface area contributed by atoms with Gasteiger partial charge in [-0.2, -0.15) is 0 Å². The molecule has 0 bridgehead atoms. The van der Waals surface area contributed by atoms with Crippen molar-refractivity contribution in [1.82, 2.24) is 10.3 Å². The highest BCUT2D eigenvalue weighted by Crippen LogP contribution is 2.30. The second-order valence-corrected chi connectivity index (χ2v) is 5.70. The van der Waals surface area contributed by atoms with Crippen LogP contribution >= 0.6 is 11.3 Å². The predicted molar refractivity (Wildman–Crippen MR) is 72.1 cm³/mol. The summed E-state index contributed by atoms with van der Waals surface area (Å²) < 4.78 is 0. The van der Waals surface area contributed by atoms with Crippen LogP contribution in [-0.2, 0) is 5.54 Å². The fraction of sp³-hybridized carbons (Fsp3) is 0.769. The van der Waals surface area contributed by atoms with Crippen LogP contribution in [0.2, 0.25) is 0 Å². The smallest absolute Gasteiger partial charge is 0.113 e. The van der Waals surface area contributed by atoms with Crippen molar-refractivity contribution in [3.63, 3.8) is 0 Å². The molecule has 0 radical (unpaired) electrons. The molecule has 0 saturated heterocycles. The van der Waals surface area contributed by atoms with E-state index in [9.17, 15) is 0 Å². The fourth-order valence-corrected chi connectivity index (χ4v) is 3.12. The fourth-order valence-electron chi connectivity index (χ4n) is 1.97. The van der Waals surface area contributed by atoms with Gasteiger partial charge in [-0.05, 0) is 25.8 Å². The number of nitrogens with zero attached hydrogens (tertiary/aromatic N) is 1. The zero-order valence-corrected chi connectivity index (χ0v) is 11.9. The second kappa shape index (κ2) is 5.78. The lowest BCUT2D eigenvalue weighted by molar-refractivity contribution is 0.342. The van der Waals surface area contributed by atoms with E-state index in [0.717, 1.165) is 13.0 Å². The molecule has 1 aromatic heterocycles. The maximum absolute atomic E-state index is 4.78. The van der Waals surface area contributed by atoms with E-state index in [1.807, 2.05) is 0 Å². The highest BCUT2D eigenvalue weighted by molar-refractivity contribution is 7.09. The summed E-state index contributed by atoms with van der Waals surface area (Å²) in [4.78, 5) is 4.78. The maximum Gasteiger partial charge on any atom is 0.113 e. The van der Waals surface area contributed by atoms with Gasteiger partial charge in [0.15, 0.2) is 0 Å². The maximum atomic E-state index is 4.78. The van der Waals surface area contributed by atoms with Crippen molar-refractivity contribution >= 4 is 11.3 Å². The quantitative estimate of drug-likeness (QED) is 0.816. The lowest BCUT2D eigenvalue weighted by atomic mass is 9.97. The van der Waals surface area contributed by atoms with Gasteiger partial charge in [0.05, 0.1) is 11.2 Å². The van der Waals surface area contributed by atoms with Gasteiger partial charge >= 0.3 is 0 Å². The summed E-state index contributed by atoms with van der Waals surface area (Å²) in [5, 5.41) is 7.01. The molecule has 16 heavy (non-hydrogen) atoms. The van der Waals surface area contributed by atoms with Crippen molar-refractivity contribution in [3.05, 3.63) is 16.1 Å². The average Bonchev–Trinajstić information content (AvgIpc) is 2.67.